The lowest BCUT2D eigenvalue weighted by molar-refractivity contribution is -0.144. The summed E-state index contributed by atoms with van der Waals surface area (Å²) in [4.78, 5) is 22.5. The zero-order chi connectivity index (χ0) is 39.1. The van der Waals surface area contributed by atoms with Gasteiger partial charge in [-0.2, -0.15) is 0 Å². The number of carbonyl (C=O) groups excluding carboxylic acids is 1. The molecule has 0 saturated heterocycles. The standard InChI is InChI=1S/C50H96O4/c1-2-3-4-5-6-7-8-28-32-35-38-41-44-47-50(53)54-48-45-42-39-36-33-30-27-25-23-21-19-17-15-13-11-9-10-12-14-16-18-20-22-24-26-29-31-34-37-40-43-46-49(51)52/h7-8H,2-6,9-48H2,1H3,(H,51,52)/b8-7-. The van der Waals surface area contributed by atoms with Crippen LogP contribution in [-0.4, -0.2) is 23.7 Å². The second-order valence-corrected chi connectivity index (χ2v) is 17.0. The molecule has 0 aromatic carbocycles. The van der Waals surface area contributed by atoms with Gasteiger partial charge >= 0.3 is 11.9 Å². The van der Waals surface area contributed by atoms with Gasteiger partial charge in [-0.1, -0.05) is 244 Å². The van der Waals surface area contributed by atoms with Crippen molar-refractivity contribution in [1.82, 2.24) is 0 Å². The van der Waals surface area contributed by atoms with Crippen molar-refractivity contribution in [2.24, 2.45) is 0 Å². The van der Waals surface area contributed by atoms with Crippen molar-refractivity contribution in [3.63, 3.8) is 0 Å². The lowest BCUT2D eigenvalue weighted by Crippen LogP contribution is -2.05. The molecule has 0 aromatic heterocycles. The second-order valence-electron chi connectivity index (χ2n) is 17.0. The Morgan fingerprint density at radius 1 is 0.352 bits per heavy atom. The average molecular weight is 761 g/mol. The molecule has 4 heteroatoms. The van der Waals surface area contributed by atoms with E-state index in [1.165, 1.54) is 238 Å². The fraction of sp³-hybridized carbons (Fsp3) is 0.920. The van der Waals surface area contributed by atoms with Crippen molar-refractivity contribution >= 4 is 11.9 Å². The minimum absolute atomic E-state index is 0.0133. The minimum Gasteiger partial charge on any atom is -0.481 e. The first-order valence-electron chi connectivity index (χ1n) is 24.7. The molecule has 0 rings (SSSR count). The number of carbonyl (C=O) groups is 2. The molecular formula is C50H96O4. The van der Waals surface area contributed by atoms with Crippen LogP contribution < -0.4 is 0 Å². The smallest absolute Gasteiger partial charge is 0.305 e. The second kappa shape index (κ2) is 47.8. The number of unbranched alkanes of at least 4 members (excludes halogenated alkanes) is 39. The molecule has 0 amide bonds. The molecule has 0 aromatic rings. The summed E-state index contributed by atoms with van der Waals surface area (Å²) >= 11 is 0. The van der Waals surface area contributed by atoms with Crippen molar-refractivity contribution in [3.05, 3.63) is 12.2 Å². The Hall–Kier alpha value is -1.32. The summed E-state index contributed by atoms with van der Waals surface area (Å²) in [5.41, 5.74) is 0. The van der Waals surface area contributed by atoms with Gasteiger partial charge in [0.2, 0.25) is 0 Å². The quantitative estimate of drug-likeness (QED) is 0.0381. The molecular weight excluding hydrogens is 665 g/mol. The largest absolute Gasteiger partial charge is 0.481 e. The Balaban J connectivity index is 3.14. The fourth-order valence-electron chi connectivity index (χ4n) is 7.75. The predicted octanol–water partition coefficient (Wildman–Crippen LogP) is 17.4. The number of hydrogen-bond acceptors (Lipinski definition) is 3. The third kappa shape index (κ3) is 48.7. The van der Waals surface area contributed by atoms with Crippen LogP contribution in [-0.2, 0) is 14.3 Å². The lowest BCUT2D eigenvalue weighted by Gasteiger charge is -2.06. The number of hydrogen-bond donors (Lipinski definition) is 1. The normalized spacial score (nSPS) is 11.6. The molecule has 0 heterocycles. The summed E-state index contributed by atoms with van der Waals surface area (Å²) in [6.45, 7) is 2.89. The first-order chi connectivity index (χ1) is 26.7. The van der Waals surface area contributed by atoms with E-state index in [-0.39, 0.29) is 5.97 Å². The maximum Gasteiger partial charge on any atom is 0.305 e. The zero-order valence-electron chi connectivity index (χ0n) is 36.6. The van der Waals surface area contributed by atoms with Crippen LogP contribution in [0, 0.1) is 0 Å². The predicted molar refractivity (Wildman–Crippen MR) is 237 cm³/mol. The van der Waals surface area contributed by atoms with E-state index in [4.69, 9.17) is 9.84 Å². The van der Waals surface area contributed by atoms with E-state index in [0.717, 1.165) is 32.1 Å². The van der Waals surface area contributed by atoms with Crippen LogP contribution in [0.25, 0.3) is 0 Å². The van der Waals surface area contributed by atoms with E-state index in [1.807, 2.05) is 0 Å². The molecule has 0 aliphatic rings. The Labute approximate surface area is 338 Å². The van der Waals surface area contributed by atoms with Crippen LogP contribution in [0.3, 0.4) is 0 Å². The van der Waals surface area contributed by atoms with Gasteiger partial charge in [0.15, 0.2) is 0 Å². The summed E-state index contributed by atoms with van der Waals surface area (Å²) in [5.74, 6) is -0.639. The van der Waals surface area contributed by atoms with Crippen molar-refractivity contribution in [2.75, 3.05) is 6.61 Å². The molecule has 4 nitrogen and oxygen atoms in total. The summed E-state index contributed by atoms with van der Waals surface area (Å²) < 4.78 is 5.46. The molecule has 0 bridgehead atoms. The maximum absolute atomic E-state index is 12.0. The van der Waals surface area contributed by atoms with Gasteiger partial charge in [0.1, 0.15) is 0 Å². The van der Waals surface area contributed by atoms with Crippen LogP contribution in [0.4, 0.5) is 0 Å². The van der Waals surface area contributed by atoms with Crippen molar-refractivity contribution in [1.29, 1.82) is 0 Å². The number of rotatable bonds is 47. The number of carboxylic acids is 1. The number of aliphatic carboxylic acids is 1. The number of esters is 1. The summed E-state index contributed by atoms with van der Waals surface area (Å²) in [5, 5.41) is 8.66. The van der Waals surface area contributed by atoms with E-state index >= 15 is 0 Å². The minimum atomic E-state index is -0.652. The van der Waals surface area contributed by atoms with Gasteiger partial charge in [0.05, 0.1) is 6.61 Å². The first kappa shape index (κ1) is 52.7. The van der Waals surface area contributed by atoms with E-state index < -0.39 is 5.97 Å². The summed E-state index contributed by atoms with van der Waals surface area (Å²) in [6.07, 6.45) is 61.5. The van der Waals surface area contributed by atoms with Crippen LogP contribution in [0.5, 0.6) is 0 Å². The highest BCUT2D eigenvalue weighted by molar-refractivity contribution is 5.69. The summed E-state index contributed by atoms with van der Waals surface area (Å²) in [7, 11) is 0. The van der Waals surface area contributed by atoms with Gasteiger partial charge in [-0.25, -0.2) is 0 Å². The molecule has 0 spiro atoms. The number of ether oxygens (including phenoxy) is 1. The summed E-state index contributed by atoms with van der Waals surface area (Å²) in [6, 6.07) is 0. The first-order valence-corrected chi connectivity index (χ1v) is 24.7. The molecule has 0 unspecified atom stereocenters. The molecule has 54 heavy (non-hydrogen) atoms. The molecule has 320 valence electrons. The molecule has 1 N–H and O–H groups in total. The topological polar surface area (TPSA) is 63.6 Å². The zero-order valence-corrected chi connectivity index (χ0v) is 36.6. The van der Waals surface area contributed by atoms with Gasteiger partial charge in [0.25, 0.3) is 0 Å². The van der Waals surface area contributed by atoms with E-state index in [0.29, 0.717) is 19.4 Å². The van der Waals surface area contributed by atoms with Gasteiger partial charge in [0, 0.05) is 12.8 Å². The molecule has 0 atom stereocenters. The van der Waals surface area contributed by atoms with Gasteiger partial charge in [-0.05, 0) is 44.9 Å². The Morgan fingerprint density at radius 2 is 0.611 bits per heavy atom. The third-order valence-corrected chi connectivity index (χ3v) is 11.4. The van der Waals surface area contributed by atoms with Gasteiger partial charge in [-0.15, -0.1) is 0 Å². The van der Waals surface area contributed by atoms with E-state index in [1.54, 1.807) is 0 Å². The van der Waals surface area contributed by atoms with Crippen LogP contribution >= 0.6 is 0 Å². The van der Waals surface area contributed by atoms with Gasteiger partial charge in [-0.3, -0.25) is 9.59 Å². The van der Waals surface area contributed by atoms with Crippen molar-refractivity contribution < 1.29 is 19.4 Å². The molecule has 0 radical (unpaired) electrons. The molecule has 0 aliphatic heterocycles. The van der Waals surface area contributed by atoms with E-state index in [9.17, 15) is 9.59 Å². The van der Waals surface area contributed by atoms with Gasteiger partial charge < -0.3 is 9.84 Å². The highest BCUT2D eigenvalue weighted by Crippen LogP contribution is 2.17. The Morgan fingerprint density at radius 3 is 0.926 bits per heavy atom. The SMILES string of the molecule is CCCCCC/C=C\CCCCCCCC(=O)OCCCCCCCCCCCCCCCCCCCCCCCCCCCCCCCCCC(=O)O. The Kier molecular flexibility index (Phi) is 46.7. The number of allylic oxidation sites excluding steroid dienone is 2. The lowest BCUT2D eigenvalue weighted by atomic mass is 10.0. The van der Waals surface area contributed by atoms with Crippen LogP contribution in [0.1, 0.15) is 289 Å². The van der Waals surface area contributed by atoms with Crippen LogP contribution in [0.2, 0.25) is 0 Å². The average Bonchev–Trinajstić information content (AvgIpc) is 3.16. The van der Waals surface area contributed by atoms with Crippen molar-refractivity contribution in [3.8, 4) is 0 Å². The van der Waals surface area contributed by atoms with E-state index in [2.05, 4.69) is 19.1 Å². The maximum atomic E-state index is 12.0. The number of carboxylic acid groups (broad SMARTS) is 1. The van der Waals surface area contributed by atoms with Crippen molar-refractivity contribution in [2.45, 2.75) is 289 Å². The highest BCUT2D eigenvalue weighted by Gasteiger charge is 2.03. The van der Waals surface area contributed by atoms with Crippen LogP contribution in [0.15, 0.2) is 12.2 Å². The highest BCUT2D eigenvalue weighted by atomic mass is 16.5. The third-order valence-electron chi connectivity index (χ3n) is 11.4. The molecule has 0 fully saturated rings. The fourth-order valence-corrected chi connectivity index (χ4v) is 7.75. The molecule has 0 aliphatic carbocycles. The Bertz CT molecular complexity index is 762. The monoisotopic (exact) mass is 761 g/mol. The molecule has 0 saturated carbocycles.